The number of phenolic OH excluding ortho intramolecular Hbond substituents is 1. The third kappa shape index (κ3) is 5.69. The molecule has 4 heterocycles. The summed E-state index contributed by atoms with van der Waals surface area (Å²) in [4.78, 5) is 49.6. The first-order valence-electron chi connectivity index (χ1n) is 19.8. The maximum Gasteiger partial charge on any atom is 0.274 e. The third-order valence-electron chi connectivity index (χ3n) is 12.7. The highest BCUT2D eigenvalue weighted by Gasteiger charge is 2.67. The van der Waals surface area contributed by atoms with E-state index in [4.69, 9.17) is 11.6 Å². The summed E-state index contributed by atoms with van der Waals surface area (Å²) in [7, 11) is 0. The van der Waals surface area contributed by atoms with Crippen LogP contribution in [0.25, 0.3) is 43.7 Å². The number of fused-ring (bicyclic) bond motifs is 6. The number of nitrogens with zero attached hydrogens (tertiary/aromatic N) is 2. The molecule has 1 saturated carbocycles. The molecule has 2 aromatic heterocycles. The van der Waals surface area contributed by atoms with E-state index in [0.29, 0.717) is 36.3 Å². The molecular formula is C50H41ClN4O4. The van der Waals surface area contributed by atoms with Gasteiger partial charge >= 0.3 is 0 Å². The van der Waals surface area contributed by atoms with Gasteiger partial charge in [0.1, 0.15) is 17.1 Å². The average Bonchev–Trinajstić information content (AvgIpc) is 3.66. The van der Waals surface area contributed by atoms with Crippen molar-refractivity contribution in [2.75, 3.05) is 23.9 Å². The number of allylic oxidation sites excluding steroid dienone is 4. The van der Waals surface area contributed by atoms with Gasteiger partial charge in [0.15, 0.2) is 5.78 Å². The molecule has 2 fully saturated rings. The van der Waals surface area contributed by atoms with Crippen LogP contribution in [0.3, 0.4) is 0 Å². The summed E-state index contributed by atoms with van der Waals surface area (Å²) in [5, 5.41) is 14.3. The molecule has 2 aliphatic heterocycles. The lowest BCUT2D eigenvalue weighted by Crippen LogP contribution is -2.33. The van der Waals surface area contributed by atoms with Crippen molar-refractivity contribution in [2.45, 2.75) is 31.6 Å². The zero-order valence-corrected chi connectivity index (χ0v) is 33.5. The SMILES string of the molecule is C=C(C)c1ccc2[nH]c(C(=O)N3C[C@@H](CCl)c4c3cc(O)c3ccccc43)cc2c1.C=C(C)c1ccc2[nH]c(C(=O)N3C[C@H]4C[C@@]45C3=CC(=O)c3ccccc35)cc2c1. The largest absolute Gasteiger partial charge is 0.507 e. The van der Waals surface area contributed by atoms with Gasteiger partial charge in [-0.1, -0.05) is 85.0 Å². The van der Waals surface area contributed by atoms with Crippen LogP contribution in [0.2, 0.25) is 0 Å². The van der Waals surface area contributed by atoms with E-state index < -0.39 is 0 Å². The molecule has 3 atom stereocenters. The van der Waals surface area contributed by atoms with Gasteiger partial charge in [0.25, 0.3) is 11.8 Å². The minimum Gasteiger partial charge on any atom is -0.507 e. The number of amides is 2. The second kappa shape index (κ2) is 13.5. The van der Waals surface area contributed by atoms with Gasteiger partial charge in [0.05, 0.1) is 5.69 Å². The number of piperidine rings is 1. The molecule has 4 aliphatic rings. The van der Waals surface area contributed by atoms with Crippen molar-refractivity contribution in [3.63, 3.8) is 0 Å². The smallest absolute Gasteiger partial charge is 0.274 e. The number of halogens is 1. The molecule has 7 aromatic rings. The van der Waals surface area contributed by atoms with Crippen molar-refractivity contribution in [2.24, 2.45) is 5.92 Å². The Hall–Kier alpha value is -6.64. The fourth-order valence-corrected chi connectivity index (χ4v) is 9.89. The summed E-state index contributed by atoms with van der Waals surface area (Å²) in [6.07, 6.45) is 2.71. The highest BCUT2D eigenvalue weighted by Crippen LogP contribution is 2.66. The second-order valence-electron chi connectivity index (χ2n) is 16.4. The van der Waals surface area contributed by atoms with Crippen LogP contribution in [0.15, 0.2) is 128 Å². The number of hydrogen-bond donors (Lipinski definition) is 3. The van der Waals surface area contributed by atoms with E-state index in [-0.39, 0.29) is 34.7 Å². The predicted molar refractivity (Wildman–Crippen MR) is 236 cm³/mol. The maximum absolute atomic E-state index is 13.5. The molecular weight excluding hydrogens is 756 g/mol. The molecule has 8 nitrogen and oxygen atoms in total. The summed E-state index contributed by atoms with van der Waals surface area (Å²) in [6.45, 7) is 13.1. The van der Waals surface area contributed by atoms with E-state index in [2.05, 4.69) is 29.2 Å². The first-order valence-corrected chi connectivity index (χ1v) is 20.4. The number of aromatic hydroxyl groups is 1. The van der Waals surface area contributed by atoms with E-state index in [9.17, 15) is 19.5 Å². The minimum atomic E-state index is -0.153. The van der Waals surface area contributed by atoms with Crippen molar-refractivity contribution in [1.29, 1.82) is 0 Å². The molecule has 2 amide bonds. The fraction of sp³-hybridized carbons (Fsp3) is 0.180. The quantitative estimate of drug-likeness (QED) is 0.151. The average molecular weight is 797 g/mol. The minimum absolute atomic E-state index is 0.00526. The van der Waals surface area contributed by atoms with E-state index in [1.807, 2.05) is 110 Å². The fourth-order valence-electron chi connectivity index (χ4n) is 9.64. The summed E-state index contributed by atoms with van der Waals surface area (Å²) in [6, 6.07) is 33.0. The molecule has 0 unspecified atom stereocenters. The lowest BCUT2D eigenvalue weighted by Gasteiger charge is -2.29. The van der Waals surface area contributed by atoms with E-state index in [0.717, 1.165) is 89.3 Å². The second-order valence-corrected chi connectivity index (χ2v) is 16.7. The number of ketones is 1. The topological polar surface area (TPSA) is 110 Å². The molecule has 11 rings (SSSR count). The van der Waals surface area contributed by atoms with Crippen LogP contribution in [0, 0.1) is 5.92 Å². The zero-order chi connectivity index (χ0) is 40.9. The van der Waals surface area contributed by atoms with Crippen molar-refractivity contribution in [3.05, 3.63) is 167 Å². The van der Waals surface area contributed by atoms with Gasteiger partial charge in [-0.25, -0.2) is 0 Å². The number of nitrogens with one attached hydrogen (secondary N) is 2. The van der Waals surface area contributed by atoms with E-state index >= 15 is 0 Å². The Morgan fingerprint density at radius 1 is 0.780 bits per heavy atom. The number of H-pyrrole nitrogens is 2. The number of rotatable bonds is 5. The first-order chi connectivity index (χ1) is 28.5. The Kier molecular flexibility index (Phi) is 8.37. The van der Waals surface area contributed by atoms with Crippen molar-refractivity contribution in [3.8, 4) is 5.75 Å². The Balaban J connectivity index is 0.000000143. The number of benzene rings is 5. The van der Waals surface area contributed by atoms with Crippen molar-refractivity contribution in [1.82, 2.24) is 14.9 Å². The molecule has 9 heteroatoms. The number of carbonyl (C=O) groups excluding carboxylic acids is 3. The van der Waals surface area contributed by atoms with Crippen LogP contribution >= 0.6 is 11.6 Å². The van der Waals surface area contributed by atoms with Gasteiger partial charge in [-0.15, -0.1) is 11.6 Å². The number of alkyl halides is 1. The van der Waals surface area contributed by atoms with Gasteiger partial charge in [-0.3, -0.25) is 14.4 Å². The van der Waals surface area contributed by atoms with Crippen LogP contribution in [0.4, 0.5) is 5.69 Å². The van der Waals surface area contributed by atoms with Crippen LogP contribution in [0.5, 0.6) is 5.75 Å². The highest BCUT2D eigenvalue weighted by molar-refractivity contribution is 6.19. The molecule has 1 saturated heterocycles. The van der Waals surface area contributed by atoms with Crippen molar-refractivity contribution >= 4 is 78.6 Å². The van der Waals surface area contributed by atoms with E-state index in [1.54, 1.807) is 17.0 Å². The van der Waals surface area contributed by atoms with Gasteiger partial charge in [-0.05, 0) is 90.2 Å². The Labute approximate surface area is 346 Å². The molecule has 2 aliphatic carbocycles. The molecule has 292 valence electrons. The van der Waals surface area contributed by atoms with Gasteiger partial charge in [0, 0.05) is 80.9 Å². The highest BCUT2D eigenvalue weighted by atomic mass is 35.5. The summed E-state index contributed by atoms with van der Waals surface area (Å²) >= 11 is 6.29. The van der Waals surface area contributed by atoms with Gasteiger partial charge in [-0.2, -0.15) is 0 Å². The number of aromatic amines is 2. The molecule has 0 radical (unpaired) electrons. The Bertz CT molecular complexity index is 3040. The van der Waals surface area contributed by atoms with E-state index in [1.165, 1.54) is 0 Å². The maximum atomic E-state index is 13.5. The number of likely N-dealkylation sites (tertiary alicyclic amines) is 1. The Morgan fingerprint density at radius 3 is 2.00 bits per heavy atom. The molecule has 59 heavy (non-hydrogen) atoms. The predicted octanol–water partition coefficient (Wildman–Crippen LogP) is 10.7. The number of carbonyl (C=O) groups is 3. The monoisotopic (exact) mass is 796 g/mol. The molecule has 5 aromatic carbocycles. The zero-order valence-electron chi connectivity index (χ0n) is 32.7. The molecule has 0 bridgehead atoms. The van der Waals surface area contributed by atoms with Crippen LogP contribution in [0.1, 0.15) is 79.8 Å². The van der Waals surface area contributed by atoms with Gasteiger partial charge < -0.3 is 24.9 Å². The van der Waals surface area contributed by atoms with Crippen molar-refractivity contribution < 1.29 is 19.5 Å². The standard InChI is InChI=1S/C25H21ClN2O2.C25H20N2O2/c1-14(2)15-7-8-20-16(9-15)10-21(27-20)25(30)28-13-17(12-26)24-19-6-4-3-5-18(19)23(29)11-22(24)28;1-14(2)15-7-8-20-16(9-15)10-21(26-20)24(29)27-13-17-12-25(17)19-6-4-3-5-18(19)22(28)11-23(25)27/h3-11,17,27,29H,1,12-13H2,2H3;3-11,17,26H,1,12-13H2,2H3/t17-;17-,25-/m11/s1. The van der Waals surface area contributed by atoms with Crippen LogP contribution in [-0.2, 0) is 5.41 Å². The lowest BCUT2D eigenvalue weighted by molar-refractivity contribution is 0.0806. The summed E-state index contributed by atoms with van der Waals surface area (Å²) in [5.74, 6) is 0.770. The Morgan fingerprint density at radius 2 is 1.37 bits per heavy atom. The van der Waals surface area contributed by atoms with Gasteiger partial charge in [0.2, 0.25) is 0 Å². The molecule has 1 spiro atoms. The van der Waals surface area contributed by atoms with Crippen LogP contribution < -0.4 is 4.90 Å². The number of anilines is 1. The van der Waals surface area contributed by atoms with Crippen LogP contribution in [-0.4, -0.2) is 56.5 Å². The number of hydrogen-bond acceptors (Lipinski definition) is 4. The summed E-state index contributed by atoms with van der Waals surface area (Å²) < 4.78 is 0. The first kappa shape index (κ1) is 36.7. The number of phenols is 1. The summed E-state index contributed by atoms with van der Waals surface area (Å²) in [5.41, 5.74) is 11.3. The third-order valence-corrected chi connectivity index (χ3v) is 13.1. The normalized spacial score (nSPS) is 19.8. The lowest BCUT2D eigenvalue weighted by atomic mass is 9.81. The number of aromatic nitrogens is 2. The molecule has 3 N–H and O–H groups in total.